The number of aromatic nitrogens is 7. The van der Waals surface area contributed by atoms with E-state index in [1.54, 1.807) is 50.4 Å². The molecule has 0 bridgehead atoms. The molecule has 6 rings (SSSR count). The molecular formula is C29H25BrF3N7O2. The zero-order valence-corrected chi connectivity index (χ0v) is 24.4. The lowest BCUT2D eigenvalue weighted by atomic mass is 10.1. The molecule has 0 atom stereocenters. The Morgan fingerprint density at radius 3 is 2.48 bits per heavy atom. The van der Waals surface area contributed by atoms with E-state index in [0.717, 1.165) is 30.3 Å². The van der Waals surface area contributed by atoms with Gasteiger partial charge in [-0.2, -0.15) is 13.2 Å². The molecule has 4 heterocycles. The number of alkyl halides is 3. The van der Waals surface area contributed by atoms with Gasteiger partial charge in [-0.25, -0.2) is 24.9 Å². The number of ether oxygens (including phenoxy) is 1. The molecule has 9 nitrogen and oxygen atoms in total. The van der Waals surface area contributed by atoms with E-state index in [1.165, 1.54) is 22.6 Å². The van der Waals surface area contributed by atoms with Crippen molar-refractivity contribution < 1.29 is 17.9 Å². The van der Waals surface area contributed by atoms with Crippen LogP contribution >= 0.6 is 15.9 Å². The highest BCUT2D eigenvalue weighted by Crippen LogP contribution is 2.45. The van der Waals surface area contributed by atoms with Crippen LogP contribution in [-0.4, -0.2) is 41.2 Å². The summed E-state index contributed by atoms with van der Waals surface area (Å²) in [6.45, 7) is 3.76. The van der Waals surface area contributed by atoms with Crippen LogP contribution in [0.4, 0.5) is 13.2 Å². The van der Waals surface area contributed by atoms with E-state index in [1.807, 2.05) is 0 Å². The Morgan fingerprint density at radius 2 is 1.83 bits per heavy atom. The third-order valence-electron chi connectivity index (χ3n) is 7.14. The first-order valence-electron chi connectivity index (χ1n) is 13.3. The molecule has 4 aromatic heterocycles. The number of imidazole rings is 1. The third kappa shape index (κ3) is 5.17. The van der Waals surface area contributed by atoms with Crippen LogP contribution in [0.15, 0.2) is 58.3 Å². The zero-order chi connectivity index (χ0) is 29.8. The monoisotopic (exact) mass is 639 g/mol. The number of methoxy groups -OCH3 is 1. The summed E-state index contributed by atoms with van der Waals surface area (Å²) in [7, 11) is 1.53. The highest BCUT2D eigenvalue weighted by atomic mass is 79.9. The van der Waals surface area contributed by atoms with Gasteiger partial charge in [0.1, 0.15) is 23.4 Å². The van der Waals surface area contributed by atoms with Crippen molar-refractivity contribution in [3.63, 3.8) is 0 Å². The predicted molar refractivity (Wildman–Crippen MR) is 153 cm³/mol. The standard InChI is InChI=1S/C29H25BrF3N7O2/c1-15(2)39-13-21(29(31,32)33)37-25(39)18-6-4-16(5-7-18)12-40-26-19(10-20(30)28(40)41)11-34-24(38-26)22-23(17-8-9-17)35-14-36-27(22)42-3/h4-7,10-11,13-15,17H,8-9,12H2,1-3H3. The smallest absolute Gasteiger partial charge is 0.434 e. The molecule has 0 unspecified atom stereocenters. The second kappa shape index (κ2) is 10.6. The number of halogens is 4. The first-order valence-corrected chi connectivity index (χ1v) is 14.0. The normalized spacial score (nSPS) is 13.7. The van der Waals surface area contributed by atoms with E-state index < -0.39 is 11.9 Å². The summed E-state index contributed by atoms with van der Waals surface area (Å²) >= 11 is 3.36. The van der Waals surface area contributed by atoms with Gasteiger partial charge in [0.05, 0.1) is 23.8 Å². The van der Waals surface area contributed by atoms with Gasteiger partial charge in [-0.1, -0.05) is 24.3 Å². The number of pyridine rings is 1. The molecule has 1 saturated carbocycles. The van der Waals surface area contributed by atoms with Gasteiger partial charge >= 0.3 is 6.18 Å². The van der Waals surface area contributed by atoms with Crippen molar-refractivity contribution in [2.75, 3.05) is 7.11 Å². The first kappa shape index (κ1) is 28.0. The second-order valence-corrected chi connectivity index (χ2v) is 11.3. The van der Waals surface area contributed by atoms with Crippen molar-refractivity contribution >= 4 is 27.0 Å². The molecule has 1 aliphatic carbocycles. The summed E-state index contributed by atoms with van der Waals surface area (Å²) in [5, 5.41) is 0.643. The largest absolute Gasteiger partial charge is 0.480 e. The molecule has 1 aliphatic rings. The highest BCUT2D eigenvalue weighted by molar-refractivity contribution is 9.10. The number of nitrogens with zero attached hydrogens (tertiary/aromatic N) is 7. The van der Waals surface area contributed by atoms with Gasteiger partial charge in [0.15, 0.2) is 11.5 Å². The molecular weight excluding hydrogens is 615 g/mol. The fourth-order valence-electron chi connectivity index (χ4n) is 4.88. The van der Waals surface area contributed by atoms with E-state index in [4.69, 9.17) is 9.72 Å². The SMILES string of the molecule is COc1ncnc(C2CC2)c1-c1ncc2cc(Br)c(=O)n(Cc3ccc(-c4nc(C(F)(F)F)cn4C(C)C)cc3)c2n1. The van der Waals surface area contributed by atoms with Gasteiger partial charge in [-0.3, -0.25) is 9.36 Å². The van der Waals surface area contributed by atoms with Crippen LogP contribution in [0.1, 0.15) is 55.6 Å². The molecule has 0 amide bonds. The Bertz CT molecular complexity index is 1860. The Labute approximate surface area is 246 Å². The molecule has 42 heavy (non-hydrogen) atoms. The molecule has 13 heteroatoms. The molecule has 0 N–H and O–H groups in total. The van der Waals surface area contributed by atoms with Gasteiger partial charge in [-0.15, -0.1) is 0 Å². The maximum Gasteiger partial charge on any atom is 0.434 e. The molecule has 1 aromatic carbocycles. The van der Waals surface area contributed by atoms with Crippen molar-refractivity contribution in [1.29, 1.82) is 0 Å². The first-order chi connectivity index (χ1) is 20.0. The topological polar surface area (TPSA) is 101 Å². The average molecular weight is 640 g/mol. The molecule has 5 aromatic rings. The lowest BCUT2D eigenvalue weighted by Gasteiger charge is -2.14. The molecule has 1 fully saturated rings. The van der Waals surface area contributed by atoms with Gasteiger partial charge < -0.3 is 9.30 Å². The minimum absolute atomic E-state index is 0.163. The lowest BCUT2D eigenvalue weighted by Crippen LogP contribution is -2.22. The maximum absolute atomic E-state index is 13.4. The van der Waals surface area contributed by atoms with Crippen LogP contribution in [0, 0.1) is 0 Å². The Balaban J connectivity index is 1.41. The van der Waals surface area contributed by atoms with Crippen molar-refractivity contribution in [1.82, 2.24) is 34.1 Å². The van der Waals surface area contributed by atoms with E-state index in [2.05, 4.69) is 35.9 Å². The van der Waals surface area contributed by atoms with Crippen LogP contribution in [-0.2, 0) is 12.7 Å². The van der Waals surface area contributed by atoms with Gasteiger partial charge in [0, 0.05) is 35.3 Å². The van der Waals surface area contributed by atoms with Crippen LogP contribution in [0.2, 0.25) is 0 Å². The fourth-order valence-corrected chi connectivity index (χ4v) is 5.34. The second-order valence-electron chi connectivity index (χ2n) is 10.4. The summed E-state index contributed by atoms with van der Waals surface area (Å²) in [5.74, 6) is 1.21. The van der Waals surface area contributed by atoms with E-state index in [9.17, 15) is 18.0 Å². The number of hydrogen-bond donors (Lipinski definition) is 0. The van der Waals surface area contributed by atoms with Crippen molar-refractivity contribution in [3.8, 4) is 28.7 Å². The summed E-state index contributed by atoms with van der Waals surface area (Å²) in [6, 6.07) is 8.39. The Kier molecular flexibility index (Phi) is 7.08. The van der Waals surface area contributed by atoms with E-state index in [-0.39, 0.29) is 29.9 Å². The summed E-state index contributed by atoms with van der Waals surface area (Å²) < 4.78 is 49.0. The molecule has 0 spiro atoms. The summed E-state index contributed by atoms with van der Waals surface area (Å²) in [6.07, 6.45) is 1.60. The summed E-state index contributed by atoms with van der Waals surface area (Å²) in [5.41, 5.74) is 1.88. The predicted octanol–water partition coefficient (Wildman–Crippen LogP) is 6.41. The molecule has 216 valence electrons. The maximum atomic E-state index is 13.4. The molecule has 0 saturated heterocycles. The number of hydrogen-bond acceptors (Lipinski definition) is 7. The van der Waals surface area contributed by atoms with E-state index >= 15 is 0 Å². The Morgan fingerprint density at radius 1 is 1.10 bits per heavy atom. The highest BCUT2D eigenvalue weighted by Gasteiger charge is 2.35. The fraction of sp³-hybridized carbons (Fsp3) is 0.310. The number of fused-ring (bicyclic) bond motifs is 1. The van der Waals surface area contributed by atoms with Crippen molar-refractivity contribution in [3.05, 3.63) is 80.8 Å². The van der Waals surface area contributed by atoms with E-state index in [0.29, 0.717) is 38.3 Å². The minimum atomic E-state index is -4.55. The van der Waals surface area contributed by atoms with Crippen LogP contribution < -0.4 is 10.3 Å². The number of rotatable bonds is 7. The van der Waals surface area contributed by atoms with Crippen molar-refractivity contribution in [2.45, 2.75) is 51.4 Å². The van der Waals surface area contributed by atoms with Gasteiger partial charge in [0.2, 0.25) is 5.88 Å². The third-order valence-corrected chi connectivity index (χ3v) is 7.71. The van der Waals surface area contributed by atoms with Crippen molar-refractivity contribution in [2.24, 2.45) is 0 Å². The molecule has 0 aliphatic heterocycles. The number of benzene rings is 1. The minimum Gasteiger partial charge on any atom is -0.480 e. The lowest BCUT2D eigenvalue weighted by molar-refractivity contribution is -0.140. The zero-order valence-electron chi connectivity index (χ0n) is 22.9. The van der Waals surface area contributed by atoms with Crippen LogP contribution in [0.5, 0.6) is 5.88 Å². The van der Waals surface area contributed by atoms with Crippen LogP contribution in [0.3, 0.4) is 0 Å². The summed E-state index contributed by atoms with van der Waals surface area (Å²) in [4.78, 5) is 35.3. The van der Waals surface area contributed by atoms with Crippen LogP contribution in [0.25, 0.3) is 33.8 Å². The van der Waals surface area contributed by atoms with Gasteiger partial charge in [0.25, 0.3) is 5.56 Å². The average Bonchev–Trinajstić information content (AvgIpc) is 3.71. The quantitative estimate of drug-likeness (QED) is 0.203. The molecule has 0 radical (unpaired) electrons. The Hall–Kier alpha value is -4.13. The van der Waals surface area contributed by atoms with Gasteiger partial charge in [-0.05, 0) is 54.2 Å².